The molecule has 1 saturated heterocycles. The van der Waals surface area contributed by atoms with E-state index in [4.69, 9.17) is 19.9 Å². The number of rotatable bonds is 7. The van der Waals surface area contributed by atoms with Crippen molar-refractivity contribution in [2.24, 2.45) is 11.1 Å². The number of methoxy groups -OCH3 is 3. The number of benzene rings is 1. The maximum absolute atomic E-state index is 13.0. The molecule has 0 spiro atoms. The maximum atomic E-state index is 13.0. The van der Waals surface area contributed by atoms with Gasteiger partial charge in [0, 0.05) is 26.8 Å². The molecule has 0 saturated carbocycles. The zero-order chi connectivity index (χ0) is 18.4. The first-order valence-electron chi connectivity index (χ1n) is 8.28. The summed E-state index contributed by atoms with van der Waals surface area (Å²) in [6.07, 6.45) is 1.87. The van der Waals surface area contributed by atoms with Gasteiger partial charge in [-0.15, -0.1) is 0 Å². The van der Waals surface area contributed by atoms with Crippen molar-refractivity contribution < 1.29 is 23.8 Å². The highest BCUT2D eigenvalue weighted by atomic mass is 16.5. The Labute approximate surface area is 148 Å². The Kier molecular flexibility index (Phi) is 6.25. The molecule has 0 radical (unpaired) electrons. The molecule has 2 amide bonds. The van der Waals surface area contributed by atoms with Crippen molar-refractivity contribution in [3.63, 3.8) is 0 Å². The minimum absolute atomic E-state index is 0.196. The maximum Gasteiger partial charge on any atom is 0.257 e. The molecule has 138 valence electrons. The molecule has 1 atom stereocenters. The number of carbonyl (C=O) groups excluding carboxylic acids is 2. The van der Waals surface area contributed by atoms with Crippen LogP contribution in [0.1, 0.15) is 29.6 Å². The lowest BCUT2D eigenvalue weighted by molar-refractivity contribution is -0.131. The lowest BCUT2D eigenvalue weighted by Crippen LogP contribution is -2.52. The van der Waals surface area contributed by atoms with E-state index >= 15 is 0 Å². The van der Waals surface area contributed by atoms with Crippen LogP contribution in [0.15, 0.2) is 18.2 Å². The molecular formula is C18H26N2O5. The molecule has 1 fully saturated rings. The number of hydrogen-bond acceptors (Lipinski definition) is 5. The average molecular weight is 350 g/mol. The first-order valence-corrected chi connectivity index (χ1v) is 8.28. The Morgan fingerprint density at radius 2 is 2.00 bits per heavy atom. The zero-order valence-electron chi connectivity index (χ0n) is 15.0. The van der Waals surface area contributed by atoms with Crippen molar-refractivity contribution in [3.05, 3.63) is 23.8 Å². The van der Waals surface area contributed by atoms with E-state index in [1.807, 2.05) is 0 Å². The van der Waals surface area contributed by atoms with Gasteiger partial charge in [0.15, 0.2) is 11.5 Å². The monoisotopic (exact) mass is 350 g/mol. The number of likely N-dealkylation sites (tertiary alicyclic amines) is 1. The minimum atomic E-state index is -0.754. The van der Waals surface area contributed by atoms with E-state index in [0.29, 0.717) is 49.5 Å². The second-order valence-electron chi connectivity index (χ2n) is 6.26. The highest BCUT2D eigenvalue weighted by Crippen LogP contribution is 2.36. The molecule has 1 heterocycles. The van der Waals surface area contributed by atoms with Gasteiger partial charge >= 0.3 is 0 Å². The number of piperidine rings is 1. The third kappa shape index (κ3) is 3.87. The first kappa shape index (κ1) is 19.1. The zero-order valence-corrected chi connectivity index (χ0v) is 15.0. The number of primary amides is 1. The van der Waals surface area contributed by atoms with Crippen molar-refractivity contribution in [1.29, 1.82) is 0 Å². The summed E-state index contributed by atoms with van der Waals surface area (Å²) in [4.78, 5) is 26.8. The predicted molar refractivity (Wildman–Crippen MR) is 92.8 cm³/mol. The van der Waals surface area contributed by atoms with Crippen molar-refractivity contribution in [1.82, 2.24) is 4.90 Å². The summed E-state index contributed by atoms with van der Waals surface area (Å²) in [7, 11) is 4.61. The third-order valence-electron chi connectivity index (χ3n) is 4.80. The van der Waals surface area contributed by atoms with Gasteiger partial charge in [-0.2, -0.15) is 0 Å². The lowest BCUT2D eigenvalue weighted by atomic mass is 9.76. The second-order valence-corrected chi connectivity index (χ2v) is 6.26. The van der Waals surface area contributed by atoms with Crippen molar-refractivity contribution in [3.8, 4) is 11.5 Å². The number of para-hydroxylation sites is 1. The molecule has 1 aliphatic heterocycles. The summed E-state index contributed by atoms with van der Waals surface area (Å²) in [6, 6.07) is 5.17. The van der Waals surface area contributed by atoms with Gasteiger partial charge in [0.25, 0.3) is 5.91 Å². The van der Waals surface area contributed by atoms with Crippen LogP contribution in [0, 0.1) is 5.41 Å². The molecule has 25 heavy (non-hydrogen) atoms. The molecular weight excluding hydrogens is 324 g/mol. The highest BCUT2D eigenvalue weighted by molar-refractivity contribution is 5.98. The van der Waals surface area contributed by atoms with Gasteiger partial charge in [-0.05, 0) is 31.4 Å². The van der Waals surface area contributed by atoms with Gasteiger partial charge in [0.2, 0.25) is 5.91 Å². The van der Waals surface area contributed by atoms with Crippen LogP contribution in [0.4, 0.5) is 0 Å². The summed E-state index contributed by atoms with van der Waals surface area (Å²) in [5.74, 6) is 0.297. The Bertz CT molecular complexity index is 634. The van der Waals surface area contributed by atoms with Crippen LogP contribution in [0.3, 0.4) is 0 Å². The van der Waals surface area contributed by atoms with Gasteiger partial charge in [-0.3, -0.25) is 9.59 Å². The van der Waals surface area contributed by atoms with Crippen LogP contribution >= 0.6 is 0 Å². The van der Waals surface area contributed by atoms with Gasteiger partial charge in [0.05, 0.1) is 25.2 Å². The van der Waals surface area contributed by atoms with Crippen molar-refractivity contribution in [2.75, 3.05) is 41.0 Å². The number of nitrogens with zero attached hydrogens (tertiary/aromatic N) is 1. The van der Waals surface area contributed by atoms with E-state index < -0.39 is 5.41 Å². The topological polar surface area (TPSA) is 91.1 Å². The van der Waals surface area contributed by atoms with Crippen LogP contribution < -0.4 is 15.2 Å². The Hall–Kier alpha value is -2.28. The molecule has 7 nitrogen and oxygen atoms in total. The fourth-order valence-corrected chi connectivity index (χ4v) is 3.36. The van der Waals surface area contributed by atoms with E-state index in [9.17, 15) is 9.59 Å². The summed E-state index contributed by atoms with van der Waals surface area (Å²) >= 11 is 0. The average Bonchev–Trinajstić information content (AvgIpc) is 2.64. The van der Waals surface area contributed by atoms with Gasteiger partial charge in [-0.25, -0.2) is 0 Å². The quantitative estimate of drug-likeness (QED) is 0.804. The lowest BCUT2D eigenvalue weighted by Gasteiger charge is -2.40. The molecule has 2 N–H and O–H groups in total. The number of nitrogens with two attached hydrogens (primary N) is 1. The smallest absolute Gasteiger partial charge is 0.257 e. The first-order chi connectivity index (χ1) is 12.0. The van der Waals surface area contributed by atoms with Crippen LogP contribution in [0.5, 0.6) is 11.5 Å². The summed E-state index contributed by atoms with van der Waals surface area (Å²) in [5.41, 5.74) is 5.33. The molecule has 0 aromatic heterocycles. The van der Waals surface area contributed by atoms with E-state index in [2.05, 4.69) is 0 Å². The summed E-state index contributed by atoms with van der Waals surface area (Å²) in [6.45, 7) is 1.28. The Morgan fingerprint density at radius 3 is 2.60 bits per heavy atom. The fraction of sp³-hybridized carbons (Fsp3) is 0.556. The van der Waals surface area contributed by atoms with E-state index in [1.165, 1.54) is 14.2 Å². The fourth-order valence-electron chi connectivity index (χ4n) is 3.36. The molecule has 7 heteroatoms. The molecule has 0 aliphatic carbocycles. The second kappa shape index (κ2) is 8.20. The van der Waals surface area contributed by atoms with Crippen LogP contribution in [-0.2, 0) is 9.53 Å². The Morgan fingerprint density at radius 1 is 1.24 bits per heavy atom. The van der Waals surface area contributed by atoms with E-state index in [-0.39, 0.29) is 18.4 Å². The number of amides is 2. The van der Waals surface area contributed by atoms with E-state index in [0.717, 1.165) is 0 Å². The van der Waals surface area contributed by atoms with Gasteiger partial charge in [0.1, 0.15) is 0 Å². The van der Waals surface area contributed by atoms with Crippen molar-refractivity contribution in [2.45, 2.75) is 19.3 Å². The van der Waals surface area contributed by atoms with Gasteiger partial charge in [-0.1, -0.05) is 6.07 Å². The summed E-state index contributed by atoms with van der Waals surface area (Å²) < 4.78 is 15.7. The number of carbonyl (C=O) groups is 2. The van der Waals surface area contributed by atoms with Crippen LogP contribution in [-0.4, -0.2) is 57.7 Å². The summed E-state index contributed by atoms with van der Waals surface area (Å²) in [5, 5.41) is 0. The van der Waals surface area contributed by atoms with Crippen molar-refractivity contribution >= 4 is 11.8 Å². The molecule has 1 aromatic rings. The third-order valence-corrected chi connectivity index (χ3v) is 4.80. The minimum Gasteiger partial charge on any atom is -0.493 e. The molecule has 1 aliphatic rings. The van der Waals surface area contributed by atoms with E-state index in [1.54, 1.807) is 30.2 Å². The largest absolute Gasteiger partial charge is 0.493 e. The van der Waals surface area contributed by atoms with Gasteiger partial charge < -0.3 is 24.8 Å². The molecule has 1 aromatic carbocycles. The molecule has 1 unspecified atom stereocenters. The number of ether oxygens (including phenoxy) is 3. The van der Waals surface area contributed by atoms with Crippen LogP contribution in [0.25, 0.3) is 0 Å². The SMILES string of the molecule is COCCC1(C(N)=O)CCCN(C(=O)c2cccc(OC)c2OC)C1. The molecule has 0 bridgehead atoms. The normalized spacial score (nSPS) is 20.2. The molecule has 2 rings (SSSR count). The predicted octanol–water partition coefficient (Wildman–Crippen LogP) is 1.45. The number of hydrogen-bond donors (Lipinski definition) is 1. The standard InChI is InChI=1S/C18H26N2O5/c1-23-11-9-18(17(19)22)8-5-10-20(12-18)16(21)13-6-4-7-14(24-2)15(13)25-3/h4,6-7H,5,8-12H2,1-3H3,(H2,19,22). The Balaban J connectivity index is 2.29. The van der Waals surface area contributed by atoms with Crippen LogP contribution in [0.2, 0.25) is 0 Å². The highest BCUT2D eigenvalue weighted by Gasteiger charge is 2.42.